The lowest BCUT2D eigenvalue weighted by molar-refractivity contribution is -0.147. The molecule has 1 unspecified atom stereocenters. The van der Waals surface area contributed by atoms with E-state index >= 15 is 0 Å². The van der Waals surface area contributed by atoms with Crippen LogP contribution in [0.25, 0.3) is 0 Å². The maximum absolute atomic E-state index is 10.9. The number of methoxy groups -OCH3 is 1. The van der Waals surface area contributed by atoms with Gasteiger partial charge in [0.15, 0.2) is 17.6 Å². The van der Waals surface area contributed by atoms with Crippen LogP contribution in [0.5, 0.6) is 11.5 Å². The van der Waals surface area contributed by atoms with Gasteiger partial charge in [0, 0.05) is 17.1 Å². The van der Waals surface area contributed by atoms with Crippen LogP contribution >= 0.6 is 11.8 Å². The number of rotatable bonds is 5. The Bertz CT molecular complexity index is 444. The lowest BCUT2D eigenvalue weighted by atomic mass is 10.1. The van der Waals surface area contributed by atoms with E-state index in [1.807, 2.05) is 0 Å². The van der Waals surface area contributed by atoms with E-state index in [9.17, 15) is 9.90 Å². The Labute approximate surface area is 109 Å². The van der Waals surface area contributed by atoms with Crippen molar-refractivity contribution in [2.45, 2.75) is 12.2 Å². The summed E-state index contributed by atoms with van der Waals surface area (Å²) in [5.41, 5.74) is 0.221. The Morgan fingerprint density at radius 1 is 1.50 bits per heavy atom. The molecule has 1 aliphatic rings. The molecule has 98 valence electrons. The van der Waals surface area contributed by atoms with Gasteiger partial charge in [-0.15, -0.1) is 0 Å². The fourth-order valence-corrected chi connectivity index (χ4v) is 2.18. The number of para-hydroxylation sites is 1. The maximum Gasteiger partial charge on any atom is 0.337 e. The van der Waals surface area contributed by atoms with Crippen LogP contribution in [-0.2, 0) is 4.79 Å². The largest absolute Gasteiger partial charge is 0.493 e. The summed E-state index contributed by atoms with van der Waals surface area (Å²) in [5.74, 6) is 1.17. The van der Waals surface area contributed by atoms with Gasteiger partial charge in [-0.1, -0.05) is 12.1 Å². The standard InChI is InChI=1S/C12H14O5S/c1-16-9-4-2-3-8(10(13)12(14)15)11(9)17-7-5-18-6-7/h2-4,7,10,13H,5-6H2,1H3,(H,14,15). The van der Waals surface area contributed by atoms with E-state index in [1.165, 1.54) is 13.2 Å². The summed E-state index contributed by atoms with van der Waals surface area (Å²) in [6.07, 6.45) is -1.56. The van der Waals surface area contributed by atoms with Crippen molar-refractivity contribution in [3.63, 3.8) is 0 Å². The van der Waals surface area contributed by atoms with Crippen molar-refractivity contribution >= 4 is 17.7 Å². The van der Waals surface area contributed by atoms with Gasteiger partial charge in [-0.05, 0) is 6.07 Å². The van der Waals surface area contributed by atoms with Gasteiger partial charge in [0.2, 0.25) is 0 Å². The van der Waals surface area contributed by atoms with Crippen molar-refractivity contribution in [3.05, 3.63) is 23.8 Å². The monoisotopic (exact) mass is 270 g/mol. The lowest BCUT2D eigenvalue weighted by Gasteiger charge is -2.28. The molecular formula is C12H14O5S. The zero-order valence-corrected chi connectivity index (χ0v) is 10.6. The van der Waals surface area contributed by atoms with E-state index in [0.717, 1.165) is 11.5 Å². The Morgan fingerprint density at radius 3 is 2.72 bits per heavy atom. The summed E-state index contributed by atoms with van der Waals surface area (Å²) in [4.78, 5) is 10.9. The first-order valence-electron chi connectivity index (χ1n) is 5.45. The molecule has 18 heavy (non-hydrogen) atoms. The van der Waals surface area contributed by atoms with Crippen LogP contribution < -0.4 is 9.47 Å². The van der Waals surface area contributed by atoms with Crippen LogP contribution in [0.1, 0.15) is 11.7 Å². The number of hydrogen-bond donors (Lipinski definition) is 2. The molecule has 0 bridgehead atoms. The molecule has 1 atom stereocenters. The third-order valence-corrected chi connectivity index (χ3v) is 3.86. The molecule has 2 rings (SSSR count). The molecular weight excluding hydrogens is 256 g/mol. The van der Waals surface area contributed by atoms with Gasteiger partial charge < -0.3 is 19.7 Å². The van der Waals surface area contributed by atoms with Gasteiger partial charge in [-0.3, -0.25) is 0 Å². The normalized spacial score (nSPS) is 16.8. The van der Waals surface area contributed by atoms with Crippen molar-refractivity contribution < 1.29 is 24.5 Å². The molecule has 5 nitrogen and oxygen atoms in total. The van der Waals surface area contributed by atoms with E-state index in [4.69, 9.17) is 14.6 Å². The van der Waals surface area contributed by atoms with Crippen molar-refractivity contribution in [1.82, 2.24) is 0 Å². The summed E-state index contributed by atoms with van der Waals surface area (Å²) in [6.45, 7) is 0. The molecule has 6 heteroatoms. The minimum Gasteiger partial charge on any atom is -0.493 e. The molecule has 0 aliphatic carbocycles. The summed E-state index contributed by atoms with van der Waals surface area (Å²) >= 11 is 1.75. The number of ether oxygens (including phenoxy) is 2. The smallest absolute Gasteiger partial charge is 0.337 e. The Kier molecular flexibility index (Phi) is 3.98. The highest BCUT2D eigenvalue weighted by Crippen LogP contribution is 2.37. The first-order valence-corrected chi connectivity index (χ1v) is 6.61. The number of thioether (sulfide) groups is 1. The molecule has 1 heterocycles. The predicted octanol–water partition coefficient (Wildman–Crippen LogP) is 1.31. The average molecular weight is 270 g/mol. The Balaban J connectivity index is 2.33. The third-order valence-electron chi connectivity index (χ3n) is 2.65. The van der Waals surface area contributed by atoms with E-state index in [2.05, 4.69) is 0 Å². The van der Waals surface area contributed by atoms with E-state index < -0.39 is 12.1 Å². The number of carbonyl (C=O) groups is 1. The summed E-state index contributed by atoms with van der Waals surface area (Å²) < 4.78 is 10.9. The average Bonchev–Trinajstić information content (AvgIpc) is 2.32. The van der Waals surface area contributed by atoms with Crippen LogP contribution in [-0.4, -0.2) is 40.9 Å². The molecule has 0 aromatic heterocycles. The second-order valence-corrected chi connectivity index (χ2v) is 4.97. The van der Waals surface area contributed by atoms with Gasteiger partial charge in [-0.25, -0.2) is 4.79 Å². The summed E-state index contributed by atoms with van der Waals surface area (Å²) in [5, 5.41) is 18.5. The van der Waals surface area contributed by atoms with E-state index in [-0.39, 0.29) is 11.7 Å². The number of carboxylic acids is 1. The number of aliphatic carboxylic acids is 1. The van der Waals surface area contributed by atoms with Crippen LogP contribution in [0, 0.1) is 0 Å². The second-order valence-electron chi connectivity index (χ2n) is 3.90. The molecule has 1 aromatic carbocycles. The van der Waals surface area contributed by atoms with Crippen molar-refractivity contribution in [3.8, 4) is 11.5 Å². The number of aliphatic hydroxyl groups is 1. The first kappa shape index (κ1) is 13.0. The zero-order chi connectivity index (χ0) is 13.1. The minimum atomic E-state index is -1.61. The fourth-order valence-electron chi connectivity index (χ4n) is 1.62. The highest BCUT2D eigenvalue weighted by Gasteiger charge is 2.27. The number of carboxylic acid groups (broad SMARTS) is 1. The number of hydrogen-bond acceptors (Lipinski definition) is 5. The Morgan fingerprint density at radius 2 is 2.22 bits per heavy atom. The minimum absolute atomic E-state index is 0.0473. The Hall–Kier alpha value is -1.40. The van der Waals surface area contributed by atoms with Gasteiger partial charge >= 0.3 is 5.97 Å². The molecule has 2 N–H and O–H groups in total. The quantitative estimate of drug-likeness (QED) is 0.840. The van der Waals surface area contributed by atoms with Crippen molar-refractivity contribution in [1.29, 1.82) is 0 Å². The molecule has 0 spiro atoms. The summed E-state index contributed by atoms with van der Waals surface area (Å²) in [6, 6.07) is 4.84. The van der Waals surface area contributed by atoms with Crippen LogP contribution in [0.2, 0.25) is 0 Å². The predicted molar refractivity (Wildman–Crippen MR) is 67.3 cm³/mol. The molecule has 0 amide bonds. The van der Waals surface area contributed by atoms with Crippen molar-refractivity contribution in [2.75, 3.05) is 18.6 Å². The van der Waals surface area contributed by atoms with Gasteiger partial charge in [0.1, 0.15) is 6.10 Å². The lowest BCUT2D eigenvalue weighted by Crippen LogP contribution is -2.32. The molecule has 1 saturated heterocycles. The van der Waals surface area contributed by atoms with Crippen LogP contribution in [0.3, 0.4) is 0 Å². The van der Waals surface area contributed by atoms with Crippen LogP contribution in [0.4, 0.5) is 0 Å². The maximum atomic E-state index is 10.9. The highest BCUT2D eigenvalue weighted by molar-refractivity contribution is 8.00. The topological polar surface area (TPSA) is 76.0 Å². The molecule has 0 saturated carbocycles. The zero-order valence-electron chi connectivity index (χ0n) is 9.83. The van der Waals surface area contributed by atoms with Gasteiger partial charge in [0.05, 0.1) is 7.11 Å². The second kappa shape index (κ2) is 5.49. The van der Waals surface area contributed by atoms with Gasteiger partial charge in [-0.2, -0.15) is 11.8 Å². The molecule has 1 aliphatic heterocycles. The highest BCUT2D eigenvalue weighted by atomic mass is 32.2. The number of benzene rings is 1. The number of aliphatic hydroxyl groups excluding tert-OH is 1. The fraction of sp³-hybridized carbons (Fsp3) is 0.417. The van der Waals surface area contributed by atoms with Gasteiger partial charge in [0.25, 0.3) is 0 Å². The molecule has 1 aromatic rings. The van der Waals surface area contributed by atoms with Crippen LogP contribution in [0.15, 0.2) is 18.2 Å². The third kappa shape index (κ3) is 2.54. The van der Waals surface area contributed by atoms with E-state index in [0.29, 0.717) is 11.5 Å². The SMILES string of the molecule is COc1cccc(C(O)C(=O)O)c1OC1CSC1. The molecule has 0 radical (unpaired) electrons. The van der Waals surface area contributed by atoms with Crippen molar-refractivity contribution in [2.24, 2.45) is 0 Å². The first-order chi connectivity index (χ1) is 8.63. The summed E-state index contributed by atoms with van der Waals surface area (Å²) in [7, 11) is 1.48. The molecule has 1 fully saturated rings. The van der Waals surface area contributed by atoms with E-state index in [1.54, 1.807) is 23.9 Å².